The minimum atomic E-state index is -1.30. The van der Waals surface area contributed by atoms with E-state index in [0.29, 0.717) is 32.9 Å². The summed E-state index contributed by atoms with van der Waals surface area (Å²) in [5.74, 6) is -10.1. The first-order valence-electron chi connectivity index (χ1n) is 23.9. The van der Waals surface area contributed by atoms with Crippen molar-refractivity contribution in [2.75, 3.05) is 0 Å². The van der Waals surface area contributed by atoms with E-state index >= 15 is 0 Å². The van der Waals surface area contributed by atoms with Gasteiger partial charge >= 0.3 is 23.9 Å². The molecule has 7 aromatic rings. The number of nitrogens with one attached hydrogen (secondary N) is 1. The first-order chi connectivity index (χ1) is 36.3. The molecule has 8 atom stereocenters. The third-order valence-corrected chi connectivity index (χ3v) is 22.1. The SMILES string of the molecule is O=C(NC(Cc1ccc(C(=O)c2ccccc2)cc1)C(=O)O)c1cc2cc(c1)SSc1ccc3c(c1)C1c4ccc(cc4C3C(C(=O)O)C1C(=O)O)SSc1ccc3c(c1)C1c4ccc(cc4C3CC1C(=O)O)SS2. The van der Waals surface area contributed by atoms with E-state index in [1.807, 2.05) is 60.7 Å². The maximum absolute atomic E-state index is 14.3. The Balaban J connectivity index is 0.904. The van der Waals surface area contributed by atoms with Gasteiger partial charge in [-0.05, 0) is 123 Å². The highest BCUT2D eigenvalue weighted by Gasteiger charge is 2.56. The average molecular weight is 1100 g/mol. The van der Waals surface area contributed by atoms with Crippen LogP contribution in [0.25, 0.3) is 0 Å². The second-order valence-corrected chi connectivity index (χ2v) is 26.0. The molecule has 0 spiro atoms. The predicted octanol–water partition coefficient (Wildman–Crippen LogP) is 12.7. The number of carbonyl (C=O) groups excluding carboxylic acids is 2. The smallest absolute Gasteiger partial charge is 0.326 e. The van der Waals surface area contributed by atoms with Crippen LogP contribution in [0.1, 0.15) is 106 Å². The highest BCUT2D eigenvalue weighted by molar-refractivity contribution is 8.77. The number of hydrogen-bond donors (Lipinski definition) is 5. The van der Waals surface area contributed by atoms with E-state index in [1.54, 1.807) is 71.5 Å². The molecular formula is C58H41NO10S6. The van der Waals surface area contributed by atoms with Crippen molar-refractivity contribution in [2.45, 2.75) is 71.9 Å². The minimum Gasteiger partial charge on any atom is -0.481 e. The van der Waals surface area contributed by atoms with Crippen LogP contribution in [0.15, 0.2) is 175 Å². The summed E-state index contributed by atoms with van der Waals surface area (Å²) < 4.78 is 0. The number of rotatable bonds is 10. The Kier molecular flexibility index (Phi) is 13.2. The summed E-state index contributed by atoms with van der Waals surface area (Å²) in [6.45, 7) is 0. The number of benzene rings is 7. The molecule has 75 heavy (non-hydrogen) atoms. The second-order valence-electron chi connectivity index (χ2n) is 19.2. The first kappa shape index (κ1) is 49.5. The van der Waals surface area contributed by atoms with Crippen LogP contribution in [-0.2, 0) is 25.6 Å². The normalized spacial score (nSPS) is 21.9. The van der Waals surface area contributed by atoms with Crippen LogP contribution < -0.4 is 5.32 Å². The fourth-order valence-electron chi connectivity index (χ4n) is 11.8. The van der Waals surface area contributed by atoms with E-state index in [9.17, 15) is 49.2 Å². The summed E-state index contributed by atoms with van der Waals surface area (Å²) in [7, 11) is 8.79. The van der Waals surface area contributed by atoms with Crippen molar-refractivity contribution in [2.24, 2.45) is 17.8 Å². The Labute approximate surface area is 453 Å². The van der Waals surface area contributed by atoms with Gasteiger partial charge in [0.25, 0.3) is 5.91 Å². The van der Waals surface area contributed by atoms with Crippen LogP contribution in [-0.4, -0.2) is 62.0 Å². The molecule has 0 saturated carbocycles. The lowest BCUT2D eigenvalue weighted by molar-refractivity contribution is -0.156. The van der Waals surface area contributed by atoms with Gasteiger partial charge in [0.2, 0.25) is 0 Å². The summed E-state index contributed by atoms with van der Waals surface area (Å²) in [6.07, 6.45) is 0.427. The molecule has 374 valence electrons. The van der Waals surface area contributed by atoms with E-state index in [2.05, 4.69) is 29.6 Å². The fraction of sp³-hybridized carbons (Fsp3) is 0.172. The van der Waals surface area contributed by atoms with Gasteiger partial charge in [-0.2, -0.15) is 0 Å². The lowest BCUT2D eigenvalue weighted by Gasteiger charge is -2.47. The molecule has 18 bridgehead atoms. The number of amides is 1. The van der Waals surface area contributed by atoms with Crippen LogP contribution in [0.4, 0.5) is 0 Å². The van der Waals surface area contributed by atoms with E-state index in [4.69, 9.17) is 0 Å². The quantitative estimate of drug-likeness (QED) is 0.0640. The molecule has 5 N–H and O–H groups in total. The molecule has 7 heterocycles. The Bertz CT molecular complexity index is 3570. The molecule has 6 aliphatic carbocycles. The number of fused-ring (bicyclic) bond motifs is 2. The van der Waals surface area contributed by atoms with E-state index in [-0.39, 0.29) is 29.6 Å². The Morgan fingerprint density at radius 1 is 0.440 bits per heavy atom. The largest absolute Gasteiger partial charge is 0.481 e. The number of carboxylic acid groups (broad SMARTS) is 4. The van der Waals surface area contributed by atoms with Crippen LogP contribution in [0.2, 0.25) is 0 Å². The fourth-order valence-corrected chi connectivity index (χ4v) is 17.9. The van der Waals surface area contributed by atoms with Crippen molar-refractivity contribution in [1.29, 1.82) is 0 Å². The number of carboxylic acids is 4. The van der Waals surface area contributed by atoms with Crippen molar-refractivity contribution in [3.05, 3.63) is 212 Å². The topological polar surface area (TPSA) is 195 Å². The first-order valence-corrected chi connectivity index (χ1v) is 30.4. The van der Waals surface area contributed by atoms with Crippen molar-refractivity contribution in [3.8, 4) is 0 Å². The molecular weight excluding hydrogens is 1060 g/mol. The van der Waals surface area contributed by atoms with Gasteiger partial charge in [-0.25, -0.2) is 4.79 Å². The van der Waals surface area contributed by atoms with Gasteiger partial charge in [-0.15, -0.1) is 0 Å². The van der Waals surface area contributed by atoms with E-state index < -0.39 is 65.4 Å². The zero-order valence-corrected chi connectivity index (χ0v) is 44.0. The van der Waals surface area contributed by atoms with Gasteiger partial charge in [-0.3, -0.25) is 24.0 Å². The Hall–Kier alpha value is -6.34. The van der Waals surface area contributed by atoms with Crippen LogP contribution >= 0.6 is 64.8 Å². The molecule has 1 amide bonds. The van der Waals surface area contributed by atoms with Crippen LogP contribution in [0.3, 0.4) is 0 Å². The molecule has 7 aliphatic heterocycles. The van der Waals surface area contributed by atoms with Crippen molar-refractivity contribution in [1.82, 2.24) is 5.32 Å². The van der Waals surface area contributed by atoms with Gasteiger partial charge in [0.1, 0.15) is 6.04 Å². The van der Waals surface area contributed by atoms with Crippen LogP contribution in [0, 0.1) is 17.8 Å². The van der Waals surface area contributed by atoms with Crippen molar-refractivity contribution < 1.29 is 49.2 Å². The summed E-state index contributed by atoms with van der Waals surface area (Å²) in [6, 6.07) is 43.8. The number of aliphatic carboxylic acids is 4. The standard InChI is InChI=1S/C58H41NO10S6/c60-53(28-4-2-1-3-5-28)29-8-6-27(7-9-29)18-47(56(64)65)59-54(61)30-19-35-21-36(20-30)75-73-34-13-17-40-45(25-34)50-39-16-12-33(24-44(39)49(40)51(57(66)67)52(50)58(68)69)71-70-32-10-14-37-42-26-46(55(62)63)48(43(37)23-32)38-15-11-31(72-74-35)22-41(38)42/h1-17,19-25,42,46-52H,18,26H2,(H,59,61)(H,62,63)(H,64,65)(H,66,67)(H,68,69). The Morgan fingerprint density at radius 2 is 0.893 bits per heavy atom. The summed E-state index contributed by atoms with van der Waals surface area (Å²) in [4.78, 5) is 84.1. The number of hydrogen-bond acceptors (Lipinski definition) is 12. The van der Waals surface area contributed by atoms with Crippen LogP contribution in [0.5, 0.6) is 0 Å². The van der Waals surface area contributed by atoms with Gasteiger partial charge in [-0.1, -0.05) is 144 Å². The van der Waals surface area contributed by atoms with Crippen molar-refractivity contribution in [3.63, 3.8) is 0 Å². The van der Waals surface area contributed by atoms with E-state index in [0.717, 1.165) is 64.1 Å². The lowest BCUT2D eigenvalue weighted by atomic mass is 9.54. The highest BCUT2D eigenvalue weighted by atomic mass is 33.1. The molecule has 0 saturated heterocycles. The molecule has 17 heteroatoms. The lowest BCUT2D eigenvalue weighted by Crippen LogP contribution is -2.47. The molecule has 0 fully saturated rings. The molecule has 0 radical (unpaired) electrons. The van der Waals surface area contributed by atoms with E-state index in [1.165, 1.54) is 54.0 Å². The number of ketones is 1. The van der Waals surface area contributed by atoms with Gasteiger partial charge in [0.15, 0.2) is 5.78 Å². The Morgan fingerprint density at radius 3 is 1.39 bits per heavy atom. The zero-order chi connectivity index (χ0) is 51.8. The maximum atomic E-state index is 14.3. The molecule has 7 aromatic carbocycles. The molecule has 13 aliphatic rings. The summed E-state index contributed by atoms with van der Waals surface area (Å²) in [5, 5.41) is 45.1. The van der Waals surface area contributed by atoms with Crippen molar-refractivity contribution >= 4 is 100 Å². The minimum absolute atomic E-state index is 0.0403. The van der Waals surface area contributed by atoms with Gasteiger partial charge in [0, 0.05) is 76.2 Å². The molecule has 0 aromatic heterocycles. The molecule has 11 nitrogen and oxygen atoms in total. The molecule has 20 rings (SSSR count). The predicted molar refractivity (Wildman–Crippen MR) is 292 cm³/mol. The summed E-state index contributed by atoms with van der Waals surface area (Å²) >= 11 is 0. The van der Waals surface area contributed by atoms with Gasteiger partial charge in [0.05, 0.1) is 17.8 Å². The summed E-state index contributed by atoms with van der Waals surface area (Å²) in [5.41, 5.74) is 9.12. The maximum Gasteiger partial charge on any atom is 0.326 e. The molecule has 8 unspecified atom stereocenters. The number of carbonyl (C=O) groups is 6. The third-order valence-electron chi connectivity index (χ3n) is 15.0. The highest BCUT2D eigenvalue weighted by Crippen LogP contribution is 2.61. The second kappa shape index (κ2) is 20.0. The zero-order valence-electron chi connectivity index (χ0n) is 39.1. The average Bonchev–Trinajstić information content (AvgIpc) is 3.44. The van der Waals surface area contributed by atoms with Gasteiger partial charge < -0.3 is 25.7 Å². The monoisotopic (exact) mass is 1100 g/mol. The third kappa shape index (κ3) is 9.14.